The fraction of sp³-hybridized carbons (Fsp3) is 0.381. The van der Waals surface area contributed by atoms with Gasteiger partial charge in [-0.2, -0.15) is 0 Å². The molecule has 190 valence electrons. The van der Waals surface area contributed by atoms with Gasteiger partial charge in [-0.05, 0) is 38.6 Å². The molecule has 6 nitrogen and oxygen atoms in total. The fourth-order valence-electron chi connectivity index (χ4n) is 4.31. The topological polar surface area (TPSA) is 67.2 Å². The molecule has 1 fully saturated rings. The number of sulfonamides is 1. The van der Waals surface area contributed by atoms with E-state index in [0.717, 1.165) is 19.4 Å². The number of para-hydroxylation sites is 1. The molecule has 2 heterocycles. The molecule has 0 aliphatic carbocycles. The summed E-state index contributed by atoms with van der Waals surface area (Å²) in [6.45, 7) is 1.22. The van der Waals surface area contributed by atoms with E-state index in [9.17, 15) is 34.8 Å². The summed E-state index contributed by atoms with van der Waals surface area (Å²) < 4.78 is 113. The number of benzene rings is 2. The molecule has 1 N–H and O–H groups in total. The van der Waals surface area contributed by atoms with Crippen molar-refractivity contribution >= 4 is 38.6 Å². The van der Waals surface area contributed by atoms with Crippen molar-refractivity contribution < 1.29 is 34.8 Å². The lowest BCUT2D eigenvalue weighted by molar-refractivity contribution is 0.139. The van der Waals surface area contributed by atoms with Crippen LogP contribution >= 0.6 is 11.6 Å². The van der Waals surface area contributed by atoms with E-state index < -0.39 is 56.1 Å². The second-order valence-corrected chi connectivity index (χ2v) is 10.3. The number of imidazole rings is 1. The highest BCUT2D eigenvalue weighted by Crippen LogP contribution is 2.38. The largest absolute Gasteiger partial charge is 0.304 e. The molecule has 0 bridgehead atoms. The first kappa shape index (κ1) is 25.6. The fourth-order valence-corrected chi connectivity index (χ4v) is 5.85. The molecule has 0 spiro atoms. The van der Waals surface area contributed by atoms with Gasteiger partial charge in [0.2, 0.25) is 5.95 Å². The van der Waals surface area contributed by atoms with Crippen molar-refractivity contribution in [3.8, 4) is 0 Å². The van der Waals surface area contributed by atoms with Crippen LogP contribution in [0.2, 0.25) is 5.02 Å². The summed E-state index contributed by atoms with van der Waals surface area (Å²) in [5.74, 6) is -10.5. The molecule has 1 unspecified atom stereocenters. The lowest BCUT2D eigenvalue weighted by atomic mass is 10.1. The lowest BCUT2D eigenvalue weighted by Gasteiger charge is -2.24. The van der Waals surface area contributed by atoms with Crippen LogP contribution in [-0.4, -0.2) is 43.0 Å². The summed E-state index contributed by atoms with van der Waals surface area (Å²) in [5.41, 5.74) is -1.55. The molecular formula is C21H19ClF6N4O2S. The predicted octanol–water partition coefficient (Wildman–Crippen LogP) is 5.64. The number of hydrogen-bond donors (Lipinski definition) is 1. The van der Waals surface area contributed by atoms with E-state index in [1.807, 2.05) is 16.7 Å². The van der Waals surface area contributed by atoms with Crippen LogP contribution in [0.1, 0.15) is 37.3 Å². The Bertz CT molecular complexity index is 1400. The number of anilines is 1. The highest BCUT2D eigenvalue weighted by Gasteiger charge is 2.38. The number of fused-ring (bicyclic) bond motifs is 1. The second-order valence-electron chi connectivity index (χ2n) is 8.23. The zero-order valence-corrected chi connectivity index (χ0v) is 19.7. The van der Waals surface area contributed by atoms with Gasteiger partial charge in [-0.15, -0.1) is 0 Å². The van der Waals surface area contributed by atoms with Crippen molar-refractivity contribution in [1.82, 2.24) is 14.5 Å². The van der Waals surface area contributed by atoms with Gasteiger partial charge >= 0.3 is 0 Å². The summed E-state index contributed by atoms with van der Waals surface area (Å²) >= 11 is 6.36. The Morgan fingerprint density at radius 3 is 2.46 bits per heavy atom. The maximum Gasteiger partial charge on any atom is 0.268 e. The smallest absolute Gasteiger partial charge is 0.268 e. The van der Waals surface area contributed by atoms with Gasteiger partial charge in [0.05, 0.1) is 21.6 Å². The number of nitrogens with one attached hydrogen (secondary N) is 1. The minimum atomic E-state index is -5.42. The molecule has 0 radical (unpaired) electrons. The summed E-state index contributed by atoms with van der Waals surface area (Å²) in [5, 5.41) is 0.214. The minimum absolute atomic E-state index is 0.214. The monoisotopic (exact) mass is 540 g/mol. The SMILES string of the molecule is CN1CCCCC(n2c(NS(=O)(=O)c3c(F)c(F)c(F)c(F)c3C(F)F)nc3cccc(Cl)c32)C1. The van der Waals surface area contributed by atoms with Gasteiger partial charge in [-0.1, -0.05) is 24.1 Å². The highest BCUT2D eigenvalue weighted by atomic mass is 35.5. The summed E-state index contributed by atoms with van der Waals surface area (Å²) in [4.78, 5) is 4.14. The van der Waals surface area contributed by atoms with Gasteiger partial charge in [-0.25, -0.2) is 44.5 Å². The molecule has 1 aliphatic heterocycles. The van der Waals surface area contributed by atoms with E-state index in [4.69, 9.17) is 11.6 Å². The first-order valence-electron chi connectivity index (χ1n) is 10.5. The summed E-state index contributed by atoms with van der Waals surface area (Å²) in [6, 6.07) is 4.24. The van der Waals surface area contributed by atoms with Crippen molar-refractivity contribution in [1.29, 1.82) is 0 Å². The second kappa shape index (κ2) is 9.51. The Hall–Kier alpha value is -2.51. The van der Waals surface area contributed by atoms with E-state index in [1.54, 1.807) is 12.1 Å². The quantitative estimate of drug-likeness (QED) is 0.258. The first-order valence-corrected chi connectivity index (χ1v) is 12.3. The van der Waals surface area contributed by atoms with E-state index in [0.29, 0.717) is 18.5 Å². The Morgan fingerprint density at radius 2 is 1.77 bits per heavy atom. The number of hydrogen-bond acceptors (Lipinski definition) is 4. The Kier molecular flexibility index (Phi) is 6.95. The molecule has 1 saturated heterocycles. The normalized spacial score (nSPS) is 17.8. The van der Waals surface area contributed by atoms with Crippen molar-refractivity contribution in [2.75, 3.05) is 24.9 Å². The zero-order chi connectivity index (χ0) is 25.7. The van der Waals surface area contributed by atoms with Gasteiger partial charge in [0.25, 0.3) is 16.4 Å². The minimum Gasteiger partial charge on any atom is -0.304 e. The predicted molar refractivity (Wildman–Crippen MR) is 117 cm³/mol. The Balaban J connectivity index is 1.92. The van der Waals surface area contributed by atoms with Crippen molar-refractivity contribution in [2.45, 2.75) is 36.6 Å². The average Bonchev–Trinajstić information content (AvgIpc) is 3.00. The summed E-state index contributed by atoms with van der Waals surface area (Å²) in [6.07, 6.45) is -1.75. The van der Waals surface area contributed by atoms with Crippen LogP contribution in [0.15, 0.2) is 23.1 Å². The molecular weight excluding hydrogens is 522 g/mol. The molecule has 0 amide bonds. The number of likely N-dealkylation sites (N-methyl/N-ethyl adjacent to an activating group) is 1. The maximum absolute atomic E-state index is 14.5. The molecule has 1 aromatic heterocycles. The van der Waals surface area contributed by atoms with E-state index in [-0.39, 0.29) is 16.6 Å². The van der Waals surface area contributed by atoms with Crippen molar-refractivity contribution in [3.63, 3.8) is 0 Å². The van der Waals surface area contributed by atoms with Crippen molar-refractivity contribution in [3.05, 3.63) is 52.1 Å². The number of nitrogens with zero attached hydrogens (tertiary/aromatic N) is 3. The Morgan fingerprint density at radius 1 is 1.09 bits per heavy atom. The summed E-state index contributed by atoms with van der Waals surface area (Å²) in [7, 11) is -3.56. The van der Waals surface area contributed by atoms with Gasteiger partial charge in [0.15, 0.2) is 23.3 Å². The van der Waals surface area contributed by atoms with Crippen LogP contribution in [0.4, 0.5) is 32.3 Å². The number of halogens is 7. The highest BCUT2D eigenvalue weighted by molar-refractivity contribution is 7.92. The third-order valence-corrected chi connectivity index (χ3v) is 7.54. The molecule has 4 rings (SSSR count). The van der Waals surface area contributed by atoms with Crippen molar-refractivity contribution in [2.24, 2.45) is 0 Å². The lowest BCUT2D eigenvalue weighted by Crippen LogP contribution is -2.28. The zero-order valence-electron chi connectivity index (χ0n) is 18.1. The van der Waals surface area contributed by atoms with Crippen LogP contribution in [0, 0.1) is 23.3 Å². The maximum atomic E-state index is 14.5. The van der Waals surface area contributed by atoms with Gasteiger partial charge in [-0.3, -0.25) is 0 Å². The van der Waals surface area contributed by atoms with Crippen LogP contribution in [-0.2, 0) is 10.0 Å². The molecule has 0 saturated carbocycles. The van der Waals surface area contributed by atoms with Gasteiger partial charge in [0, 0.05) is 12.6 Å². The first-order chi connectivity index (χ1) is 16.4. The molecule has 2 aromatic carbocycles. The molecule has 3 aromatic rings. The van der Waals surface area contributed by atoms with Crippen LogP contribution in [0.3, 0.4) is 0 Å². The van der Waals surface area contributed by atoms with E-state index >= 15 is 0 Å². The third kappa shape index (κ3) is 4.56. The number of alkyl halides is 2. The number of likely N-dealkylation sites (tertiary alicyclic amines) is 1. The molecule has 14 heteroatoms. The van der Waals surface area contributed by atoms with Gasteiger partial charge < -0.3 is 9.47 Å². The van der Waals surface area contributed by atoms with Gasteiger partial charge in [0.1, 0.15) is 4.90 Å². The van der Waals surface area contributed by atoms with E-state index in [1.165, 1.54) is 10.6 Å². The number of rotatable bonds is 5. The standard InChI is InChI=1S/C21H19ClF6N4O2S/c1-31-8-3-2-5-10(9-31)32-18-11(22)6-4-7-12(18)29-21(32)30-35(33,34)19-13(20(27)28)14(23)15(24)16(25)17(19)26/h4,6-7,10,20H,2-3,5,8-9H2,1H3,(H,29,30). The number of aromatic nitrogens is 2. The Labute approximate surface area is 201 Å². The van der Waals surface area contributed by atoms with Crippen LogP contribution < -0.4 is 4.72 Å². The molecule has 1 atom stereocenters. The molecule has 35 heavy (non-hydrogen) atoms. The van der Waals surface area contributed by atoms with Crippen LogP contribution in [0.25, 0.3) is 11.0 Å². The molecule has 1 aliphatic rings. The van der Waals surface area contributed by atoms with Crippen LogP contribution in [0.5, 0.6) is 0 Å². The van der Waals surface area contributed by atoms with E-state index in [2.05, 4.69) is 4.98 Å². The third-order valence-electron chi connectivity index (χ3n) is 5.85. The average molecular weight is 541 g/mol.